The van der Waals surface area contributed by atoms with Crippen LogP contribution < -0.4 is 10.6 Å². The van der Waals surface area contributed by atoms with Gasteiger partial charge in [-0.15, -0.1) is 10.2 Å². The van der Waals surface area contributed by atoms with E-state index in [2.05, 4.69) is 25.8 Å². The summed E-state index contributed by atoms with van der Waals surface area (Å²) >= 11 is 12.4. The van der Waals surface area contributed by atoms with Crippen LogP contribution in [0.3, 0.4) is 0 Å². The number of hydrogen-bond acceptors (Lipinski definition) is 5. The predicted molar refractivity (Wildman–Crippen MR) is 120 cm³/mol. The van der Waals surface area contributed by atoms with Crippen LogP contribution in [0.5, 0.6) is 0 Å². The van der Waals surface area contributed by atoms with Crippen molar-refractivity contribution in [3.8, 4) is 0 Å². The van der Waals surface area contributed by atoms with Crippen molar-refractivity contribution in [1.82, 2.24) is 24.9 Å². The smallest absolute Gasteiger partial charge is 0.251 e. The van der Waals surface area contributed by atoms with Crippen LogP contribution in [-0.4, -0.2) is 38.6 Å². The summed E-state index contributed by atoms with van der Waals surface area (Å²) in [6.07, 6.45) is 1.69. The molecule has 4 rings (SSSR count). The molecule has 0 bridgehead atoms. The number of carbonyl (C=O) groups excluding carboxylic acids is 1. The van der Waals surface area contributed by atoms with Gasteiger partial charge in [-0.25, -0.2) is 4.98 Å². The number of hydrogen-bond donors (Lipinski definition) is 2. The van der Waals surface area contributed by atoms with Crippen molar-refractivity contribution in [3.05, 3.63) is 63.9 Å². The molecule has 0 aliphatic rings. The number of anilines is 1. The Morgan fingerprint density at radius 2 is 1.77 bits per heavy atom. The Balaban J connectivity index is 1.39. The van der Waals surface area contributed by atoms with Gasteiger partial charge in [0.2, 0.25) is 5.65 Å². The molecule has 1 amide bonds. The van der Waals surface area contributed by atoms with Crippen molar-refractivity contribution in [2.75, 3.05) is 18.4 Å². The number of amides is 1. The fourth-order valence-corrected chi connectivity index (χ4v) is 3.55. The third-order valence-corrected chi connectivity index (χ3v) is 5.47. The number of nitrogens with zero attached hydrogens (tertiary/aromatic N) is 4. The summed E-state index contributed by atoms with van der Waals surface area (Å²) in [7, 11) is 0. The fraction of sp³-hybridized carbons (Fsp3) is 0.238. The van der Waals surface area contributed by atoms with E-state index in [4.69, 9.17) is 23.2 Å². The maximum Gasteiger partial charge on any atom is 0.251 e. The molecule has 9 heteroatoms. The van der Waals surface area contributed by atoms with Crippen LogP contribution in [-0.2, 0) is 0 Å². The second-order valence-corrected chi connectivity index (χ2v) is 7.69. The average molecular weight is 443 g/mol. The van der Waals surface area contributed by atoms with Crippen LogP contribution in [0.25, 0.3) is 16.7 Å². The summed E-state index contributed by atoms with van der Waals surface area (Å²) in [5.41, 5.74) is 2.81. The summed E-state index contributed by atoms with van der Waals surface area (Å²) in [6.45, 7) is 3.16. The van der Waals surface area contributed by atoms with Crippen LogP contribution in [0.15, 0.2) is 42.5 Å². The summed E-state index contributed by atoms with van der Waals surface area (Å²) in [5.74, 6) is 1.31. The number of aryl methyl sites for hydroxylation is 1. The van der Waals surface area contributed by atoms with E-state index in [-0.39, 0.29) is 5.91 Å². The quantitative estimate of drug-likeness (QED) is 0.411. The highest BCUT2D eigenvalue weighted by Gasteiger charge is 2.14. The monoisotopic (exact) mass is 442 g/mol. The van der Waals surface area contributed by atoms with E-state index < -0.39 is 0 Å². The van der Waals surface area contributed by atoms with E-state index in [1.165, 1.54) is 0 Å². The van der Waals surface area contributed by atoms with E-state index in [1.54, 1.807) is 24.3 Å². The maximum absolute atomic E-state index is 12.0. The molecular weight excluding hydrogens is 423 g/mol. The number of nitrogens with one attached hydrogen (secondary N) is 2. The predicted octanol–water partition coefficient (Wildman–Crippen LogP) is 4.51. The molecule has 154 valence electrons. The molecule has 2 heterocycles. The number of carbonyl (C=O) groups is 1. The van der Waals surface area contributed by atoms with E-state index in [0.29, 0.717) is 45.7 Å². The Morgan fingerprint density at radius 3 is 2.57 bits per heavy atom. The van der Waals surface area contributed by atoms with Gasteiger partial charge in [0.1, 0.15) is 5.82 Å². The first kappa shape index (κ1) is 20.4. The molecule has 0 saturated heterocycles. The van der Waals surface area contributed by atoms with Gasteiger partial charge >= 0.3 is 0 Å². The molecule has 0 aliphatic heterocycles. The zero-order chi connectivity index (χ0) is 21.1. The zero-order valence-corrected chi connectivity index (χ0v) is 17.8. The summed E-state index contributed by atoms with van der Waals surface area (Å²) in [5, 5.41) is 15.6. The van der Waals surface area contributed by atoms with Gasteiger partial charge in [0.15, 0.2) is 5.82 Å². The Kier molecular flexibility index (Phi) is 6.01. The second-order valence-electron chi connectivity index (χ2n) is 6.88. The van der Waals surface area contributed by atoms with Crippen LogP contribution in [0, 0.1) is 6.92 Å². The maximum atomic E-state index is 12.0. The first-order chi connectivity index (χ1) is 14.5. The van der Waals surface area contributed by atoms with Crippen LogP contribution in [0.2, 0.25) is 10.0 Å². The second kappa shape index (κ2) is 8.85. The highest BCUT2D eigenvalue weighted by atomic mass is 35.5. The lowest BCUT2D eigenvalue weighted by atomic mass is 10.2. The minimum Gasteiger partial charge on any atom is -0.367 e. The Bertz CT molecular complexity index is 1210. The van der Waals surface area contributed by atoms with Crippen molar-refractivity contribution in [1.29, 1.82) is 0 Å². The van der Waals surface area contributed by atoms with Crippen LogP contribution in [0.4, 0.5) is 5.82 Å². The third-order valence-electron chi connectivity index (χ3n) is 4.74. The molecule has 2 N–H and O–H groups in total. The van der Waals surface area contributed by atoms with Crippen molar-refractivity contribution < 1.29 is 4.79 Å². The Hall–Kier alpha value is -2.90. The fourth-order valence-electron chi connectivity index (χ4n) is 3.24. The van der Waals surface area contributed by atoms with E-state index >= 15 is 0 Å². The molecule has 0 fully saturated rings. The lowest BCUT2D eigenvalue weighted by molar-refractivity contribution is 0.0953. The third kappa shape index (κ3) is 4.17. The van der Waals surface area contributed by atoms with Gasteiger partial charge in [0, 0.05) is 18.7 Å². The van der Waals surface area contributed by atoms with Gasteiger partial charge in [0.25, 0.3) is 5.91 Å². The minimum absolute atomic E-state index is 0.0593. The summed E-state index contributed by atoms with van der Waals surface area (Å²) in [4.78, 5) is 16.7. The lowest BCUT2D eigenvalue weighted by Crippen LogP contribution is -2.24. The highest BCUT2D eigenvalue weighted by molar-refractivity contribution is 6.42. The van der Waals surface area contributed by atoms with Gasteiger partial charge in [-0.3, -0.25) is 9.20 Å². The molecule has 0 spiro atoms. The molecule has 0 atom stereocenters. The first-order valence-corrected chi connectivity index (χ1v) is 10.4. The lowest BCUT2D eigenvalue weighted by Gasteiger charge is -2.11. The first-order valence-electron chi connectivity index (χ1n) is 9.62. The van der Waals surface area contributed by atoms with Crippen molar-refractivity contribution in [2.24, 2.45) is 0 Å². The molecule has 0 unspecified atom stereocenters. The molecule has 7 nitrogen and oxygen atoms in total. The molecule has 0 saturated carbocycles. The van der Waals surface area contributed by atoms with Gasteiger partial charge < -0.3 is 10.6 Å². The number of fused-ring (bicyclic) bond motifs is 3. The number of aromatic nitrogens is 4. The molecule has 2 aromatic carbocycles. The summed E-state index contributed by atoms with van der Waals surface area (Å²) in [6, 6.07) is 12.7. The van der Waals surface area contributed by atoms with Gasteiger partial charge in [-0.05, 0) is 44.0 Å². The van der Waals surface area contributed by atoms with Gasteiger partial charge in [0.05, 0.1) is 21.1 Å². The van der Waals surface area contributed by atoms with Gasteiger partial charge in [-0.2, -0.15) is 0 Å². The van der Waals surface area contributed by atoms with Gasteiger partial charge in [-0.1, -0.05) is 41.4 Å². The average Bonchev–Trinajstić information content (AvgIpc) is 3.14. The van der Waals surface area contributed by atoms with E-state index in [9.17, 15) is 4.79 Å². The standard InChI is InChI=1S/C21H20Cl2N6O/c1-13-27-28-20-19(26-17-11-15(22)16(23)12-18(17)29(13)20)24-9-5-6-10-25-21(30)14-7-3-2-4-8-14/h2-4,7-8,11-12H,5-6,9-10H2,1H3,(H,24,26)(H,25,30). The van der Waals surface area contributed by atoms with E-state index in [0.717, 1.165) is 24.2 Å². The Labute approximate surface area is 183 Å². The van der Waals surface area contributed by atoms with E-state index in [1.807, 2.05) is 29.5 Å². The number of unbranched alkanes of at least 4 members (excludes halogenated alkanes) is 1. The van der Waals surface area contributed by atoms with Crippen molar-refractivity contribution >= 4 is 51.6 Å². The number of rotatable bonds is 7. The topological polar surface area (TPSA) is 84.2 Å². The van der Waals surface area contributed by atoms with Crippen molar-refractivity contribution in [3.63, 3.8) is 0 Å². The molecule has 4 aromatic rings. The molecule has 30 heavy (non-hydrogen) atoms. The Morgan fingerprint density at radius 1 is 1.03 bits per heavy atom. The van der Waals surface area contributed by atoms with Crippen LogP contribution >= 0.6 is 23.2 Å². The SMILES string of the molecule is Cc1nnc2c(NCCCCNC(=O)c3ccccc3)nc3cc(Cl)c(Cl)cc3n12. The van der Waals surface area contributed by atoms with Crippen LogP contribution in [0.1, 0.15) is 29.0 Å². The molecular formula is C21H20Cl2N6O. The highest BCUT2D eigenvalue weighted by Crippen LogP contribution is 2.29. The molecule has 0 radical (unpaired) electrons. The minimum atomic E-state index is -0.0593. The number of halogens is 2. The normalized spacial score (nSPS) is 11.2. The molecule has 2 aromatic heterocycles. The summed E-state index contributed by atoms with van der Waals surface area (Å²) < 4.78 is 1.91. The number of benzene rings is 2. The van der Waals surface area contributed by atoms with Crippen molar-refractivity contribution in [2.45, 2.75) is 19.8 Å². The molecule has 0 aliphatic carbocycles. The zero-order valence-electron chi connectivity index (χ0n) is 16.3. The largest absolute Gasteiger partial charge is 0.367 e.